The molecule has 0 spiro atoms. The number of aryl methyl sites for hydroxylation is 1. The van der Waals surface area contributed by atoms with Crippen LogP contribution in [0.25, 0.3) is 0 Å². The highest BCUT2D eigenvalue weighted by Crippen LogP contribution is 2.48. The quantitative estimate of drug-likeness (QED) is 0.938. The van der Waals surface area contributed by atoms with Crippen molar-refractivity contribution >= 4 is 28.3 Å². The van der Waals surface area contributed by atoms with Gasteiger partial charge in [0.1, 0.15) is 4.88 Å². The second kappa shape index (κ2) is 6.12. The van der Waals surface area contributed by atoms with E-state index in [0.29, 0.717) is 21.6 Å². The van der Waals surface area contributed by atoms with Crippen molar-refractivity contribution in [2.24, 2.45) is 5.92 Å². The first-order chi connectivity index (χ1) is 11.0. The van der Waals surface area contributed by atoms with Gasteiger partial charge < -0.3 is 10.2 Å². The van der Waals surface area contributed by atoms with E-state index < -0.39 is 0 Å². The molecule has 1 fully saturated rings. The monoisotopic (exact) mass is 329 g/mol. The van der Waals surface area contributed by atoms with E-state index in [1.807, 2.05) is 18.2 Å². The van der Waals surface area contributed by atoms with Crippen LogP contribution in [0, 0.1) is 12.8 Å². The Morgan fingerprint density at radius 1 is 1.26 bits per heavy atom. The van der Waals surface area contributed by atoms with E-state index in [-0.39, 0.29) is 17.7 Å². The van der Waals surface area contributed by atoms with Crippen LogP contribution in [0.1, 0.15) is 33.3 Å². The third-order valence-electron chi connectivity index (χ3n) is 3.98. The number of anilines is 1. The van der Waals surface area contributed by atoms with Crippen LogP contribution in [0.15, 0.2) is 30.3 Å². The fraction of sp³-hybridized carbons (Fsp3) is 0.353. The summed E-state index contributed by atoms with van der Waals surface area (Å²) in [6, 6.07) is 10.1. The number of amides is 2. The van der Waals surface area contributed by atoms with E-state index in [2.05, 4.69) is 22.4 Å². The summed E-state index contributed by atoms with van der Waals surface area (Å²) in [4.78, 5) is 30.8. The van der Waals surface area contributed by atoms with Gasteiger partial charge in [-0.2, -0.15) is 0 Å². The summed E-state index contributed by atoms with van der Waals surface area (Å²) in [7, 11) is 3.41. The summed E-state index contributed by atoms with van der Waals surface area (Å²) >= 11 is 1.23. The largest absolute Gasteiger partial charge is 0.344 e. The van der Waals surface area contributed by atoms with Crippen LogP contribution in [-0.2, 0) is 4.79 Å². The summed E-state index contributed by atoms with van der Waals surface area (Å²) in [6.45, 7) is 1.78. The van der Waals surface area contributed by atoms with Crippen molar-refractivity contribution in [1.82, 2.24) is 9.88 Å². The van der Waals surface area contributed by atoms with Crippen molar-refractivity contribution in [2.75, 3.05) is 19.4 Å². The van der Waals surface area contributed by atoms with Crippen molar-refractivity contribution in [1.29, 1.82) is 0 Å². The molecule has 0 saturated heterocycles. The molecular formula is C17H19N3O2S. The number of rotatable bonds is 4. The molecule has 2 atom stereocenters. The normalized spacial score (nSPS) is 19.3. The number of hydrogen-bond acceptors (Lipinski definition) is 4. The van der Waals surface area contributed by atoms with Gasteiger partial charge >= 0.3 is 0 Å². The Kier molecular flexibility index (Phi) is 4.17. The zero-order chi connectivity index (χ0) is 16.6. The van der Waals surface area contributed by atoms with Crippen molar-refractivity contribution in [3.8, 4) is 0 Å². The molecule has 1 aromatic carbocycles. The van der Waals surface area contributed by atoms with Crippen molar-refractivity contribution in [3.63, 3.8) is 0 Å². The van der Waals surface area contributed by atoms with Gasteiger partial charge in [-0.05, 0) is 24.8 Å². The van der Waals surface area contributed by atoms with Gasteiger partial charge in [0, 0.05) is 20.0 Å². The maximum absolute atomic E-state index is 12.3. The smallest absolute Gasteiger partial charge is 0.265 e. The Bertz CT molecular complexity index is 740. The number of thiazole rings is 1. The summed E-state index contributed by atoms with van der Waals surface area (Å²) in [5.41, 5.74) is 1.85. The molecule has 0 radical (unpaired) electrons. The van der Waals surface area contributed by atoms with Gasteiger partial charge in [0.25, 0.3) is 5.91 Å². The highest BCUT2D eigenvalue weighted by atomic mass is 32.1. The molecule has 1 saturated carbocycles. The number of benzene rings is 1. The molecule has 1 aliphatic rings. The Morgan fingerprint density at radius 2 is 1.96 bits per heavy atom. The highest BCUT2D eigenvalue weighted by molar-refractivity contribution is 7.17. The first-order valence-electron chi connectivity index (χ1n) is 7.52. The number of aromatic nitrogens is 1. The fourth-order valence-electron chi connectivity index (χ4n) is 2.60. The number of nitrogens with zero attached hydrogens (tertiary/aromatic N) is 2. The molecular weight excluding hydrogens is 310 g/mol. The summed E-state index contributed by atoms with van der Waals surface area (Å²) in [5.74, 6) is 0.181. The van der Waals surface area contributed by atoms with E-state index in [0.717, 1.165) is 6.42 Å². The number of hydrogen-bond donors (Lipinski definition) is 1. The highest BCUT2D eigenvalue weighted by Gasteiger charge is 2.44. The number of carbonyl (C=O) groups excluding carboxylic acids is 2. The summed E-state index contributed by atoms with van der Waals surface area (Å²) < 4.78 is 0. The lowest BCUT2D eigenvalue weighted by atomic mass is 10.1. The molecule has 1 N–H and O–H groups in total. The van der Waals surface area contributed by atoms with Gasteiger partial charge in [0.15, 0.2) is 5.13 Å². The van der Waals surface area contributed by atoms with E-state index in [4.69, 9.17) is 0 Å². The lowest BCUT2D eigenvalue weighted by molar-refractivity contribution is -0.117. The first kappa shape index (κ1) is 15.7. The van der Waals surface area contributed by atoms with E-state index in [1.54, 1.807) is 21.0 Å². The van der Waals surface area contributed by atoms with Gasteiger partial charge in [-0.25, -0.2) is 4.98 Å². The standard InChI is InChI=1S/C17H19N3O2S/c1-10-14(16(22)20(2)3)23-17(18-10)19-15(21)13-9-12(13)11-7-5-4-6-8-11/h4-8,12-13H,9H2,1-3H3,(H,18,19,21)/t12-,13-/m1/s1. The Labute approximate surface area is 139 Å². The second-order valence-electron chi connectivity index (χ2n) is 5.98. The van der Waals surface area contributed by atoms with Crippen LogP contribution in [0.5, 0.6) is 0 Å². The molecule has 1 aliphatic carbocycles. The van der Waals surface area contributed by atoms with Gasteiger partial charge in [-0.3, -0.25) is 9.59 Å². The van der Waals surface area contributed by atoms with Crippen LogP contribution in [0.4, 0.5) is 5.13 Å². The molecule has 2 aromatic rings. The zero-order valence-electron chi connectivity index (χ0n) is 13.4. The molecule has 0 aliphatic heterocycles. The molecule has 0 bridgehead atoms. The maximum Gasteiger partial charge on any atom is 0.265 e. The predicted molar refractivity (Wildman–Crippen MR) is 90.8 cm³/mol. The minimum absolute atomic E-state index is 0.00499. The van der Waals surface area contributed by atoms with Gasteiger partial charge in [-0.15, -0.1) is 0 Å². The predicted octanol–water partition coefficient (Wildman–Crippen LogP) is 2.90. The first-order valence-corrected chi connectivity index (χ1v) is 8.34. The van der Waals surface area contributed by atoms with Crippen LogP contribution < -0.4 is 5.32 Å². The molecule has 1 aromatic heterocycles. The minimum Gasteiger partial charge on any atom is -0.344 e. The maximum atomic E-state index is 12.3. The van der Waals surface area contributed by atoms with Crippen molar-refractivity contribution in [2.45, 2.75) is 19.3 Å². The second-order valence-corrected chi connectivity index (χ2v) is 6.98. The SMILES string of the molecule is Cc1nc(NC(=O)[C@@H]2C[C@@H]2c2ccccc2)sc1C(=O)N(C)C. The summed E-state index contributed by atoms with van der Waals surface area (Å²) in [6.07, 6.45) is 0.865. The Hall–Kier alpha value is -2.21. The Morgan fingerprint density at radius 3 is 2.61 bits per heavy atom. The average Bonchev–Trinajstić information content (AvgIpc) is 3.26. The van der Waals surface area contributed by atoms with Crippen molar-refractivity contribution < 1.29 is 9.59 Å². The number of carbonyl (C=O) groups is 2. The minimum atomic E-state index is -0.0888. The lowest BCUT2D eigenvalue weighted by Crippen LogP contribution is -2.21. The third kappa shape index (κ3) is 3.27. The van der Waals surface area contributed by atoms with Crippen LogP contribution in [0.2, 0.25) is 0 Å². The van der Waals surface area contributed by atoms with Gasteiger partial charge in [0.05, 0.1) is 5.69 Å². The van der Waals surface area contributed by atoms with E-state index in [1.165, 1.54) is 21.8 Å². The molecule has 23 heavy (non-hydrogen) atoms. The Balaban J connectivity index is 1.66. The van der Waals surface area contributed by atoms with Crippen LogP contribution in [0.3, 0.4) is 0 Å². The summed E-state index contributed by atoms with van der Waals surface area (Å²) in [5, 5.41) is 3.35. The van der Waals surface area contributed by atoms with E-state index >= 15 is 0 Å². The molecule has 1 heterocycles. The fourth-order valence-corrected chi connectivity index (χ4v) is 3.59. The average molecular weight is 329 g/mol. The van der Waals surface area contributed by atoms with Crippen LogP contribution in [-0.4, -0.2) is 35.8 Å². The molecule has 2 amide bonds. The molecule has 120 valence electrons. The van der Waals surface area contributed by atoms with Gasteiger partial charge in [0.2, 0.25) is 5.91 Å². The van der Waals surface area contributed by atoms with Crippen LogP contribution >= 0.6 is 11.3 Å². The van der Waals surface area contributed by atoms with Crippen molar-refractivity contribution in [3.05, 3.63) is 46.5 Å². The van der Waals surface area contributed by atoms with Gasteiger partial charge in [-0.1, -0.05) is 41.7 Å². The third-order valence-corrected chi connectivity index (χ3v) is 5.04. The number of nitrogens with one attached hydrogen (secondary N) is 1. The lowest BCUT2D eigenvalue weighted by Gasteiger charge is -2.07. The molecule has 3 rings (SSSR count). The van der Waals surface area contributed by atoms with E-state index in [9.17, 15) is 9.59 Å². The zero-order valence-corrected chi connectivity index (χ0v) is 14.2. The molecule has 5 nitrogen and oxygen atoms in total. The topological polar surface area (TPSA) is 62.3 Å². The molecule has 0 unspecified atom stereocenters. The molecule has 6 heteroatoms.